The lowest BCUT2D eigenvalue weighted by Gasteiger charge is -2.28. The summed E-state index contributed by atoms with van der Waals surface area (Å²) in [6.45, 7) is 0. The predicted octanol–water partition coefficient (Wildman–Crippen LogP) is 3.80. The van der Waals surface area contributed by atoms with Crippen molar-refractivity contribution in [3.63, 3.8) is 0 Å². The minimum atomic E-state index is -0.163. The van der Waals surface area contributed by atoms with Gasteiger partial charge in [-0.15, -0.1) is 0 Å². The van der Waals surface area contributed by atoms with Crippen LogP contribution in [0.5, 0.6) is 0 Å². The summed E-state index contributed by atoms with van der Waals surface area (Å²) < 4.78 is 0. The van der Waals surface area contributed by atoms with Crippen LogP contribution in [0, 0.1) is 5.92 Å². The standard InChI is InChI=1S/C22H25N3O2/c26-21(14-15-12-19-10-11-20(13-15)23-19)24-18-8-6-16(7-9-18)22(27)25-17-4-2-1-3-5-17/h1-9,15,19-20,23H,10-14H2,(H,24,26)(H,25,27). The van der Waals surface area contributed by atoms with E-state index in [1.807, 2.05) is 30.3 Å². The number of rotatable bonds is 5. The number of nitrogens with one attached hydrogen (secondary N) is 3. The molecule has 140 valence electrons. The van der Waals surface area contributed by atoms with Crippen LogP contribution in [0.25, 0.3) is 0 Å². The Bertz CT molecular complexity index is 792. The van der Waals surface area contributed by atoms with Crippen molar-refractivity contribution in [3.05, 3.63) is 60.2 Å². The second-order valence-corrected chi connectivity index (χ2v) is 7.63. The third-order valence-electron chi connectivity index (χ3n) is 5.51. The van der Waals surface area contributed by atoms with Gasteiger partial charge in [-0.05, 0) is 68.0 Å². The van der Waals surface area contributed by atoms with E-state index in [2.05, 4.69) is 16.0 Å². The maximum absolute atomic E-state index is 12.4. The Morgan fingerprint density at radius 3 is 2.15 bits per heavy atom. The maximum Gasteiger partial charge on any atom is 0.255 e. The summed E-state index contributed by atoms with van der Waals surface area (Å²) >= 11 is 0. The summed E-state index contributed by atoms with van der Waals surface area (Å²) in [5, 5.41) is 9.43. The number of carbonyl (C=O) groups is 2. The molecule has 2 fully saturated rings. The molecule has 2 saturated heterocycles. The molecule has 4 rings (SSSR count). The molecule has 0 aromatic heterocycles. The molecule has 2 unspecified atom stereocenters. The van der Waals surface area contributed by atoms with Crippen molar-refractivity contribution >= 4 is 23.2 Å². The molecular weight excluding hydrogens is 338 g/mol. The quantitative estimate of drug-likeness (QED) is 0.757. The molecule has 2 bridgehead atoms. The smallest absolute Gasteiger partial charge is 0.255 e. The van der Waals surface area contributed by atoms with Gasteiger partial charge >= 0.3 is 0 Å². The number of hydrogen-bond donors (Lipinski definition) is 3. The van der Waals surface area contributed by atoms with Crippen LogP contribution in [-0.2, 0) is 4.79 Å². The van der Waals surface area contributed by atoms with Crippen LogP contribution in [0.3, 0.4) is 0 Å². The fourth-order valence-corrected chi connectivity index (χ4v) is 4.25. The normalized spacial score (nSPS) is 23.6. The Morgan fingerprint density at radius 1 is 0.852 bits per heavy atom. The summed E-state index contributed by atoms with van der Waals surface area (Å²) in [6, 6.07) is 17.6. The van der Waals surface area contributed by atoms with Gasteiger partial charge in [-0.3, -0.25) is 9.59 Å². The molecule has 27 heavy (non-hydrogen) atoms. The van der Waals surface area contributed by atoms with Crippen molar-refractivity contribution < 1.29 is 9.59 Å². The van der Waals surface area contributed by atoms with E-state index in [4.69, 9.17) is 0 Å². The first-order valence-electron chi connectivity index (χ1n) is 9.68. The second-order valence-electron chi connectivity index (χ2n) is 7.63. The molecule has 5 nitrogen and oxygen atoms in total. The lowest BCUT2D eigenvalue weighted by molar-refractivity contribution is -0.117. The average molecular weight is 363 g/mol. The molecule has 2 amide bonds. The highest BCUT2D eigenvalue weighted by Crippen LogP contribution is 2.32. The van der Waals surface area contributed by atoms with Gasteiger partial charge in [-0.2, -0.15) is 0 Å². The molecule has 2 aliphatic rings. The number of benzene rings is 2. The number of piperidine rings is 1. The van der Waals surface area contributed by atoms with Crippen LogP contribution in [0.15, 0.2) is 54.6 Å². The number of anilines is 2. The molecule has 2 aromatic rings. The van der Waals surface area contributed by atoms with Gasteiger partial charge in [0.25, 0.3) is 5.91 Å². The van der Waals surface area contributed by atoms with E-state index in [-0.39, 0.29) is 11.8 Å². The van der Waals surface area contributed by atoms with Gasteiger partial charge in [0.15, 0.2) is 0 Å². The van der Waals surface area contributed by atoms with E-state index in [9.17, 15) is 9.59 Å². The van der Waals surface area contributed by atoms with E-state index in [1.54, 1.807) is 24.3 Å². The SMILES string of the molecule is O=C(CC1CC2CCC(C1)N2)Nc1ccc(C(=O)Nc2ccccc2)cc1. The zero-order valence-electron chi connectivity index (χ0n) is 15.3. The van der Waals surface area contributed by atoms with Crippen molar-refractivity contribution in [2.75, 3.05) is 10.6 Å². The second kappa shape index (κ2) is 7.92. The topological polar surface area (TPSA) is 70.2 Å². The van der Waals surface area contributed by atoms with Crippen molar-refractivity contribution in [1.82, 2.24) is 5.32 Å². The van der Waals surface area contributed by atoms with Crippen LogP contribution in [0.2, 0.25) is 0 Å². The Balaban J connectivity index is 1.29. The van der Waals surface area contributed by atoms with Crippen LogP contribution in [0.1, 0.15) is 42.5 Å². The Hall–Kier alpha value is -2.66. The number of carbonyl (C=O) groups excluding carboxylic acids is 2. The van der Waals surface area contributed by atoms with E-state index < -0.39 is 0 Å². The lowest BCUT2D eigenvalue weighted by atomic mass is 9.89. The molecule has 0 spiro atoms. The Kier molecular flexibility index (Phi) is 5.21. The van der Waals surface area contributed by atoms with Gasteiger partial charge in [-0.25, -0.2) is 0 Å². The molecule has 2 aliphatic heterocycles. The molecule has 2 atom stereocenters. The summed E-state index contributed by atoms with van der Waals surface area (Å²) in [5.41, 5.74) is 2.05. The van der Waals surface area contributed by atoms with Crippen LogP contribution >= 0.6 is 0 Å². The molecule has 0 radical (unpaired) electrons. The fourth-order valence-electron chi connectivity index (χ4n) is 4.25. The highest BCUT2D eigenvalue weighted by Gasteiger charge is 2.34. The highest BCUT2D eigenvalue weighted by atomic mass is 16.2. The first kappa shape index (κ1) is 17.7. The van der Waals surface area contributed by atoms with E-state index in [1.165, 1.54) is 12.8 Å². The number of para-hydroxylation sites is 1. The Labute approximate surface area is 159 Å². The van der Waals surface area contributed by atoms with Crippen molar-refractivity contribution in [1.29, 1.82) is 0 Å². The third kappa shape index (κ3) is 4.55. The van der Waals surface area contributed by atoms with Crippen LogP contribution < -0.4 is 16.0 Å². The lowest BCUT2D eigenvalue weighted by Crippen LogP contribution is -2.39. The zero-order chi connectivity index (χ0) is 18.6. The Morgan fingerprint density at radius 2 is 1.48 bits per heavy atom. The van der Waals surface area contributed by atoms with E-state index >= 15 is 0 Å². The maximum atomic E-state index is 12.4. The van der Waals surface area contributed by atoms with Crippen molar-refractivity contribution in [2.45, 2.75) is 44.2 Å². The summed E-state index contributed by atoms with van der Waals surface area (Å²) in [4.78, 5) is 24.6. The van der Waals surface area contributed by atoms with Crippen molar-refractivity contribution in [2.24, 2.45) is 5.92 Å². The summed E-state index contributed by atoms with van der Waals surface area (Å²) in [7, 11) is 0. The highest BCUT2D eigenvalue weighted by molar-refractivity contribution is 6.04. The predicted molar refractivity (Wildman–Crippen MR) is 107 cm³/mol. The molecule has 5 heteroatoms. The van der Waals surface area contributed by atoms with Gasteiger partial charge in [0.2, 0.25) is 5.91 Å². The number of amides is 2. The third-order valence-corrected chi connectivity index (χ3v) is 5.51. The monoisotopic (exact) mass is 363 g/mol. The molecule has 0 saturated carbocycles. The first-order valence-corrected chi connectivity index (χ1v) is 9.68. The minimum Gasteiger partial charge on any atom is -0.326 e. The van der Waals surface area contributed by atoms with Gasteiger partial charge in [0, 0.05) is 35.4 Å². The zero-order valence-corrected chi connectivity index (χ0v) is 15.3. The van der Waals surface area contributed by atoms with Gasteiger partial charge in [0.05, 0.1) is 0 Å². The molecule has 2 aromatic carbocycles. The van der Waals surface area contributed by atoms with Gasteiger partial charge in [0.1, 0.15) is 0 Å². The molecule has 3 N–H and O–H groups in total. The summed E-state index contributed by atoms with van der Waals surface area (Å²) in [5.74, 6) is 0.367. The average Bonchev–Trinajstić information content (AvgIpc) is 3.01. The largest absolute Gasteiger partial charge is 0.326 e. The number of fused-ring (bicyclic) bond motifs is 2. The summed E-state index contributed by atoms with van der Waals surface area (Å²) in [6.07, 6.45) is 5.26. The van der Waals surface area contributed by atoms with Gasteiger partial charge < -0.3 is 16.0 Å². The minimum absolute atomic E-state index is 0.0581. The van der Waals surface area contributed by atoms with E-state index in [0.29, 0.717) is 30.0 Å². The van der Waals surface area contributed by atoms with E-state index in [0.717, 1.165) is 24.2 Å². The van der Waals surface area contributed by atoms with Crippen molar-refractivity contribution in [3.8, 4) is 0 Å². The molecular formula is C22H25N3O2. The van der Waals surface area contributed by atoms with Gasteiger partial charge in [-0.1, -0.05) is 18.2 Å². The molecule has 2 heterocycles. The van der Waals surface area contributed by atoms with Crippen LogP contribution in [-0.4, -0.2) is 23.9 Å². The molecule has 0 aliphatic carbocycles. The fraction of sp³-hybridized carbons (Fsp3) is 0.364. The number of hydrogen-bond acceptors (Lipinski definition) is 3. The van der Waals surface area contributed by atoms with Crippen LogP contribution in [0.4, 0.5) is 11.4 Å². The first-order chi connectivity index (χ1) is 13.2.